The first kappa shape index (κ1) is 17.9. The lowest BCUT2D eigenvalue weighted by Gasteiger charge is -2.19. The van der Waals surface area contributed by atoms with E-state index in [1.807, 2.05) is 0 Å². The van der Waals surface area contributed by atoms with Gasteiger partial charge in [0.25, 0.3) is 0 Å². The molecule has 0 aromatic heterocycles. The van der Waals surface area contributed by atoms with Crippen LogP contribution in [0.2, 0.25) is 0 Å². The first-order chi connectivity index (χ1) is 10.2. The van der Waals surface area contributed by atoms with Gasteiger partial charge in [-0.2, -0.15) is 0 Å². The van der Waals surface area contributed by atoms with Crippen molar-refractivity contribution in [2.24, 2.45) is 5.41 Å². The molecule has 0 saturated carbocycles. The molecule has 1 rings (SSSR count). The van der Waals surface area contributed by atoms with Gasteiger partial charge in [-0.3, -0.25) is 9.59 Å². The number of carbonyl (C=O) groups excluding carboxylic acids is 2. The SMILES string of the molecule is CC(COc1ccc(F)cc1)NC(=O)CNC(=O)C(C)(C)C. The van der Waals surface area contributed by atoms with Crippen LogP contribution in [-0.2, 0) is 9.59 Å². The summed E-state index contributed by atoms with van der Waals surface area (Å²) < 4.78 is 18.2. The molecule has 0 spiro atoms. The minimum absolute atomic E-state index is 0.0724. The van der Waals surface area contributed by atoms with Crippen LogP contribution < -0.4 is 15.4 Å². The highest BCUT2D eigenvalue weighted by molar-refractivity contribution is 5.87. The van der Waals surface area contributed by atoms with Crippen LogP contribution in [0.1, 0.15) is 27.7 Å². The number of halogens is 1. The fourth-order valence-electron chi connectivity index (χ4n) is 1.55. The van der Waals surface area contributed by atoms with Crippen molar-refractivity contribution < 1.29 is 18.7 Å². The smallest absolute Gasteiger partial charge is 0.239 e. The lowest BCUT2D eigenvalue weighted by Crippen LogP contribution is -2.45. The molecule has 1 unspecified atom stereocenters. The molecule has 1 aromatic carbocycles. The number of hydrogen-bond donors (Lipinski definition) is 2. The van der Waals surface area contributed by atoms with Crippen molar-refractivity contribution in [3.63, 3.8) is 0 Å². The summed E-state index contributed by atoms with van der Waals surface area (Å²) in [4.78, 5) is 23.4. The van der Waals surface area contributed by atoms with Gasteiger partial charge in [0.2, 0.25) is 11.8 Å². The Morgan fingerprint density at radius 1 is 1.23 bits per heavy atom. The lowest BCUT2D eigenvalue weighted by atomic mass is 9.96. The Morgan fingerprint density at radius 3 is 2.36 bits per heavy atom. The van der Waals surface area contributed by atoms with Crippen molar-refractivity contribution >= 4 is 11.8 Å². The first-order valence-electron chi connectivity index (χ1n) is 7.14. The molecule has 0 aliphatic rings. The van der Waals surface area contributed by atoms with Gasteiger partial charge in [-0.25, -0.2) is 4.39 Å². The average molecular weight is 310 g/mol. The molecule has 6 heteroatoms. The molecule has 1 aromatic rings. The highest BCUT2D eigenvalue weighted by atomic mass is 19.1. The van der Waals surface area contributed by atoms with Gasteiger partial charge in [-0.15, -0.1) is 0 Å². The van der Waals surface area contributed by atoms with Crippen LogP contribution in [0.4, 0.5) is 4.39 Å². The van der Waals surface area contributed by atoms with Crippen molar-refractivity contribution in [1.82, 2.24) is 10.6 Å². The van der Waals surface area contributed by atoms with Crippen LogP contribution >= 0.6 is 0 Å². The predicted molar refractivity (Wildman–Crippen MR) is 82.0 cm³/mol. The van der Waals surface area contributed by atoms with E-state index in [1.54, 1.807) is 27.7 Å². The molecular formula is C16H23FN2O3. The zero-order chi connectivity index (χ0) is 16.8. The third-order valence-electron chi connectivity index (χ3n) is 2.81. The normalized spacial score (nSPS) is 12.4. The minimum Gasteiger partial charge on any atom is -0.491 e. The lowest BCUT2D eigenvalue weighted by molar-refractivity contribution is -0.131. The number of amides is 2. The van der Waals surface area contributed by atoms with Gasteiger partial charge < -0.3 is 15.4 Å². The Kier molecular flexibility index (Phi) is 6.34. The number of hydrogen-bond acceptors (Lipinski definition) is 3. The second-order valence-corrected chi connectivity index (χ2v) is 6.17. The molecule has 0 fully saturated rings. The van der Waals surface area contributed by atoms with Gasteiger partial charge in [0.05, 0.1) is 12.6 Å². The van der Waals surface area contributed by atoms with E-state index < -0.39 is 5.41 Å². The summed E-state index contributed by atoms with van der Waals surface area (Å²) in [5, 5.41) is 5.29. The van der Waals surface area contributed by atoms with Crippen LogP contribution in [0.5, 0.6) is 5.75 Å². The molecule has 2 N–H and O–H groups in total. The fraction of sp³-hybridized carbons (Fsp3) is 0.500. The largest absolute Gasteiger partial charge is 0.491 e. The Hall–Kier alpha value is -2.11. The molecule has 5 nitrogen and oxygen atoms in total. The number of carbonyl (C=O) groups is 2. The van der Waals surface area contributed by atoms with E-state index in [9.17, 15) is 14.0 Å². The molecule has 0 heterocycles. The number of rotatable bonds is 6. The summed E-state index contributed by atoms with van der Waals surface area (Å²) in [6.45, 7) is 7.30. The van der Waals surface area contributed by atoms with Gasteiger partial charge in [-0.1, -0.05) is 20.8 Å². The summed E-state index contributed by atoms with van der Waals surface area (Å²) in [6.07, 6.45) is 0. The maximum atomic E-state index is 12.7. The number of ether oxygens (including phenoxy) is 1. The quantitative estimate of drug-likeness (QED) is 0.843. The van der Waals surface area contributed by atoms with E-state index >= 15 is 0 Å². The summed E-state index contributed by atoms with van der Waals surface area (Å²) in [7, 11) is 0. The molecule has 0 aliphatic heterocycles. The molecule has 0 aliphatic carbocycles. The molecule has 1 atom stereocenters. The van der Waals surface area contributed by atoms with Crippen molar-refractivity contribution in [2.45, 2.75) is 33.7 Å². The summed E-state index contributed by atoms with van der Waals surface area (Å²) in [5.41, 5.74) is -0.530. The molecular weight excluding hydrogens is 287 g/mol. The van der Waals surface area contributed by atoms with Crippen molar-refractivity contribution in [2.75, 3.05) is 13.2 Å². The van der Waals surface area contributed by atoms with E-state index in [0.717, 1.165) is 0 Å². The minimum atomic E-state index is -0.530. The van der Waals surface area contributed by atoms with Gasteiger partial charge >= 0.3 is 0 Å². The van der Waals surface area contributed by atoms with E-state index in [2.05, 4.69) is 10.6 Å². The third kappa shape index (κ3) is 6.56. The highest BCUT2D eigenvalue weighted by Gasteiger charge is 2.21. The average Bonchev–Trinajstić information content (AvgIpc) is 2.43. The Balaban J connectivity index is 2.29. The summed E-state index contributed by atoms with van der Waals surface area (Å²) >= 11 is 0. The Labute approximate surface area is 130 Å². The Bertz CT molecular complexity index is 509. The zero-order valence-corrected chi connectivity index (χ0v) is 13.4. The summed E-state index contributed by atoms with van der Waals surface area (Å²) in [6, 6.07) is 5.42. The van der Waals surface area contributed by atoms with E-state index in [0.29, 0.717) is 5.75 Å². The van der Waals surface area contributed by atoms with Gasteiger partial charge in [0.1, 0.15) is 18.2 Å². The van der Waals surface area contributed by atoms with Gasteiger partial charge in [0, 0.05) is 5.41 Å². The number of nitrogens with one attached hydrogen (secondary N) is 2. The van der Waals surface area contributed by atoms with E-state index in [-0.39, 0.29) is 36.8 Å². The van der Waals surface area contributed by atoms with E-state index in [4.69, 9.17) is 4.74 Å². The van der Waals surface area contributed by atoms with Gasteiger partial charge in [0.15, 0.2) is 0 Å². The van der Waals surface area contributed by atoms with Crippen LogP contribution in [0, 0.1) is 11.2 Å². The second kappa shape index (κ2) is 7.77. The second-order valence-electron chi connectivity index (χ2n) is 6.17. The van der Waals surface area contributed by atoms with Crippen molar-refractivity contribution in [1.29, 1.82) is 0 Å². The van der Waals surface area contributed by atoms with Crippen LogP contribution in [-0.4, -0.2) is 31.0 Å². The summed E-state index contributed by atoms with van der Waals surface area (Å²) in [5.74, 6) is -0.266. The molecule has 0 saturated heterocycles. The van der Waals surface area contributed by atoms with E-state index in [1.165, 1.54) is 24.3 Å². The van der Waals surface area contributed by atoms with Gasteiger partial charge in [-0.05, 0) is 31.2 Å². The predicted octanol–water partition coefficient (Wildman–Crippen LogP) is 1.87. The third-order valence-corrected chi connectivity index (χ3v) is 2.81. The van der Waals surface area contributed by atoms with Crippen molar-refractivity contribution in [3.05, 3.63) is 30.1 Å². The molecule has 2 amide bonds. The first-order valence-corrected chi connectivity index (χ1v) is 7.14. The molecule has 0 bridgehead atoms. The van der Waals surface area contributed by atoms with Crippen LogP contribution in [0.25, 0.3) is 0 Å². The zero-order valence-electron chi connectivity index (χ0n) is 13.4. The number of benzene rings is 1. The molecule has 0 radical (unpaired) electrons. The maximum Gasteiger partial charge on any atom is 0.239 e. The maximum absolute atomic E-state index is 12.7. The monoisotopic (exact) mass is 310 g/mol. The molecule has 122 valence electrons. The van der Waals surface area contributed by atoms with Crippen LogP contribution in [0.3, 0.4) is 0 Å². The Morgan fingerprint density at radius 2 is 1.82 bits per heavy atom. The van der Waals surface area contributed by atoms with Crippen molar-refractivity contribution in [3.8, 4) is 5.75 Å². The highest BCUT2D eigenvalue weighted by Crippen LogP contribution is 2.12. The standard InChI is InChI=1S/C16H23FN2O3/c1-11(10-22-13-7-5-12(17)6-8-13)19-14(20)9-18-15(21)16(2,3)4/h5-8,11H,9-10H2,1-4H3,(H,18,21)(H,19,20). The molecule has 22 heavy (non-hydrogen) atoms. The fourth-order valence-corrected chi connectivity index (χ4v) is 1.55. The topological polar surface area (TPSA) is 67.4 Å². The van der Waals surface area contributed by atoms with Crippen LogP contribution in [0.15, 0.2) is 24.3 Å².